The fourth-order valence-corrected chi connectivity index (χ4v) is 1.99. The van der Waals surface area contributed by atoms with Gasteiger partial charge >= 0.3 is 0 Å². The highest BCUT2D eigenvalue weighted by atomic mass is 35.5. The minimum Gasteiger partial charge on any atom is -0.355 e. The van der Waals surface area contributed by atoms with Crippen LogP contribution in [0.1, 0.15) is 12.1 Å². The SMILES string of the molecule is O=C(NCCc1ccccn1)C1CC1(Cl)Cl. The molecule has 16 heavy (non-hydrogen) atoms. The largest absolute Gasteiger partial charge is 0.355 e. The summed E-state index contributed by atoms with van der Waals surface area (Å²) in [4.78, 5) is 15.7. The van der Waals surface area contributed by atoms with Crippen molar-refractivity contribution in [2.24, 2.45) is 5.92 Å². The maximum Gasteiger partial charge on any atom is 0.226 e. The Kier molecular flexibility index (Phi) is 3.36. The van der Waals surface area contributed by atoms with Gasteiger partial charge in [0.05, 0.1) is 5.92 Å². The number of hydrogen-bond acceptors (Lipinski definition) is 2. The Labute approximate surface area is 104 Å². The number of nitrogens with one attached hydrogen (secondary N) is 1. The van der Waals surface area contributed by atoms with Crippen LogP contribution in [-0.2, 0) is 11.2 Å². The number of nitrogens with zero attached hydrogens (tertiary/aromatic N) is 1. The molecule has 1 aromatic rings. The Balaban J connectivity index is 1.71. The molecule has 2 rings (SSSR count). The standard InChI is InChI=1S/C11H12Cl2N2O/c12-11(13)7-9(11)10(16)15-6-4-8-3-1-2-5-14-8/h1-3,5,9H,4,6-7H2,(H,15,16). The first-order valence-corrected chi connectivity index (χ1v) is 5.90. The van der Waals surface area contributed by atoms with Gasteiger partial charge in [0.15, 0.2) is 0 Å². The van der Waals surface area contributed by atoms with Gasteiger partial charge < -0.3 is 5.32 Å². The molecule has 1 aliphatic carbocycles. The van der Waals surface area contributed by atoms with E-state index >= 15 is 0 Å². The highest BCUT2D eigenvalue weighted by molar-refractivity contribution is 6.52. The lowest BCUT2D eigenvalue weighted by Gasteiger charge is -2.04. The first-order valence-electron chi connectivity index (χ1n) is 5.15. The average molecular weight is 259 g/mol. The summed E-state index contributed by atoms with van der Waals surface area (Å²) in [5.74, 6) is -0.319. The minimum atomic E-state index is -0.838. The van der Waals surface area contributed by atoms with Crippen molar-refractivity contribution in [3.63, 3.8) is 0 Å². The van der Waals surface area contributed by atoms with Crippen LogP contribution in [0, 0.1) is 5.92 Å². The second-order valence-corrected chi connectivity index (χ2v) is 5.42. The summed E-state index contributed by atoms with van der Waals surface area (Å²) in [7, 11) is 0. The number of carbonyl (C=O) groups excluding carboxylic acids is 1. The van der Waals surface area contributed by atoms with Crippen LogP contribution in [-0.4, -0.2) is 21.8 Å². The van der Waals surface area contributed by atoms with Crippen molar-refractivity contribution in [3.05, 3.63) is 30.1 Å². The fourth-order valence-electron chi connectivity index (χ4n) is 1.48. The topological polar surface area (TPSA) is 42.0 Å². The molecular weight excluding hydrogens is 247 g/mol. The van der Waals surface area contributed by atoms with Crippen molar-refractivity contribution < 1.29 is 4.79 Å². The molecule has 1 heterocycles. The number of hydrogen-bond donors (Lipinski definition) is 1. The number of aromatic nitrogens is 1. The van der Waals surface area contributed by atoms with E-state index < -0.39 is 4.33 Å². The molecule has 1 N–H and O–H groups in total. The van der Waals surface area contributed by atoms with E-state index in [0.29, 0.717) is 13.0 Å². The predicted octanol–water partition coefficient (Wildman–Crippen LogP) is 1.93. The van der Waals surface area contributed by atoms with Gasteiger partial charge in [0.25, 0.3) is 0 Å². The number of rotatable bonds is 4. The Morgan fingerprint density at radius 2 is 2.31 bits per heavy atom. The lowest BCUT2D eigenvalue weighted by molar-refractivity contribution is -0.122. The molecule has 1 amide bonds. The maximum atomic E-state index is 11.5. The van der Waals surface area contributed by atoms with E-state index in [4.69, 9.17) is 23.2 Å². The molecule has 1 unspecified atom stereocenters. The van der Waals surface area contributed by atoms with Crippen LogP contribution in [0.25, 0.3) is 0 Å². The van der Waals surface area contributed by atoms with Gasteiger partial charge in [0.1, 0.15) is 4.33 Å². The first-order chi connectivity index (χ1) is 7.59. The van der Waals surface area contributed by atoms with Crippen molar-refractivity contribution in [1.82, 2.24) is 10.3 Å². The first kappa shape index (κ1) is 11.7. The zero-order valence-electron chi connectivity index (χ0n) is 8.62. The highest BCUT2D eigenvalue weighted by Gasteiger charge is 2.56. The Hall–Kier alpha value is -0.800. The number of halogens is 2. The summed E-state index contributed by atoms with van der Waals surface area (Å²) in [6, 6.07) is 5.71. The smallest absolute Gasteiger partial charge is 0.226 e. The molecule has 86 valence electrons. The van der Waals surface area contributed by atoms with Gasteiger partial charge in [0.2, 0.25) is 5.91 Å². The number of carbonyl (C=O) groups is 1. The lowest BCUT2D eigenvalue weighted by atomic mass is 10.2. The molecule has 1 fully saturated rings. The van der Waals surface area contributed by atoms with E-state index in [1.807, 2.05) is 18.2 Å². The van der Waals surface area contributed by atoms with Gasteiger partial charge in [-0.3, -0.25) is 9.78 Å². The van der Waals surface area contributed by atoms with Crippen LogP contribution in [0.15, 0.2) is 24.4 Å². The van der Waals surface area contributed by atoms with Crippen molar-refractivity contribution in [2.75, 3.05) is 6.54 Å². The van der Waals surface area contributed by atoms with Crippen LogP contribution in [0.3, 0.4) is 0 Å². The molecule has 0 bridgehead atoms. The molecule has 1 atom stereocenters. The summed E-state index contributed by atoms with van der Waals surface area (Å²) in [6.07, 6.45) is 3.00. The number of alkyl halides is 2. The third kappa shape index (κ3) is 2.86. The predicted molar refractivity (Wildman–Crippen MR) is 63.5 cm³/mol. The molecule has 0 saturated heterocycles. The average Bonchev–Trinajstić information content (AvgIpc) is 2.89. The number of pyridine rings is 1. The summed E-state index contributed by atoms with van der Waals surface area (Å²) < 4.78 is -0.838. The lowest BCUT2D eigenvalue weighted by Crippen LogP contribution is -2.28. The maximum absolute atomic E-state index is 11.5. The zero-order valence-corrected chi connectivity index (χ0v) is 10.1. The monoisotopic (exact) mass is 258 g/mol. The molecule has 0 aliphatic heterocycles. The van der Waals surface area contributed by atoms with Gasteiger partial charge in [-0.2, -0.15) is 0 Å². The van der Waals surface area contributed by atoms with E-state index in [0.717, 1.165) is 12.1 Å². The van der Waals surface area contributed by atoms with Crippen LogP contribution in [0.5, 0.6) is 0 Å². The number of amides is 1. The molecular formula is C11H12Cl2N2O. The summed E-state index contributed by atoms with van der Waals surface area (Å²) >= 11 is 11.6. The van der Waals surface area contributed by atoms with E-state index in [2.05, 4.69) is 10.3 Å². The van der Waals surface area contributed by atoms with Gasteiger partial charge in [-0.05, 0) is 18.6 Å². The van der Waals surface area contributed by atoms with Crippen LogP contribution in [0.2, 0.25) is 0 Å². The van der Waals surface area contributed by atoms with Crippen LogP contribution < -0.4 is 5.32 Å². The Morgan fingerprint density at radius 1 is 1.56 bits per heavy atom. The molecule has 5 heteroatoms. The summed E-state index contributed by atoms with van der Waals surface area (Å²) in [5, 5.41) is 2.80. The molecule has 3 nitrogen and oxygen atoms in total. The van der Waals surface area contributed by atoms with Crippen molar-refractivity contribution in [1.29, 1.82) is 0 Å². The zero-order chi connectivity index (χ0) is 11.6. The molecule has 1 aliphatic rings. The summed E-state index contributed by atoms with van der Waals surface area (Å²) in [5.41, 5.74) is 0.960. The molecule has 0 aromatic carbocycles. The van der Waals surface area contributed by atoms with Crippen LogP contribution >= 0.6 is 23.2 Å². The van der Waals surface area contributed by atoms with E-state index in [1.165, 1.54) is 0 Å². The van der Waals surface area contributed by atoms with Gasteiger partial charge in [-0.15, -0.1) is 23.2 Å². The fraction of sp³-hybridized carbons (Fsp3) is 0.455. The minimum absolute atomic E-state index is 0.0686. The quantitative estimate of drug-likeness (QED) is 0.839. The highest BCUT2D eigenvalue weighted by Crippen LogP contribution is 2.53. The summed E-state index contributed by atoms with van der Waals surface area (Å²) in [6.45, 7) is 0.566. The van der Waals surface area contributed by atoms with Crippen molar-refractivity contribution in [3.8, 4) is 0 Å². The van der Waals surface area contributed by atoms with E-state index in [1.54, 1.807) is 6.20 Å². The van der Waals surface area contributed by atoms with Gasteiger partial charge in [0, 0.05) is 24.9 Å². The Bertz CT molecular complexity index is 381. The van der Waals surface area contributed by atoms with Crippen molar-refractivity contribution >= 4 is 29.1 Å². The molecule has 1 saturated carbocycles. The van der Waals surface area contributed by atoms with E-state index in [-0.39, 0.29) is 11.8 Å². The normalized spacial score (nSPS) is 21.5. The second-order valence-electron chi connectivity index (χ2n) is 3.88. The van der Waals surface area contributed by atoms with Gasteiger partial charge in [-0.25, -0.2) is 0 Å². The molecule has 0 radical (unpaired) electrons. The Morgan fingerprint density at radius 3 is 2.88 bits per heavy atom. The third-order valence-electron chi connectivity index (χ3n) is 2.55. The molecule has 0 spiro atoms. The third-order valence-corrected chi connectivity index (χ3v) is 3.38. The second kappa shape index (κ2) is 4.60. The van der Waals surface area contributed by atoms with Crippen LogP contribution in [0.4, 0.5) is 0 Å². The van der Waals surface area contributed by atoms with Crippen molar-refractivity contribution in [2.45, 2.75) is 17.2 Å². The molecule has 1 aromatic heterocycles. The van der Waals surface area contributed by atoms with Gasteiger partial charge in [-0.1, -0.05) is 6.07 Å². The van der Waals surface area contributed by atoms with E-state index in [9.17, 15) is 4.79 Å².